The Morgan fingerprint density at radius 2 is 2.19 bits per heavy atom. The molecule has 0 saturated heterocycles. The number of likely N-dealkylation sites (N-methyl/N-ethyl adjacent to an activating group) is 1. The van der Waals surface area contributed by atoms with Crippen LogP contribution < -0.4 is 5.32 Å². The molecule has 0 aliphatic heterocycles. The molecular formula is C20H27N. The summed E-state index contributed by atoms with van der Waals surface area (Å²) in [6.07, 6.45) is 16.5. The van der Waals surface area contributed by atoms with Gasteiger partial charge in [-0.3, -0.25) is 0 Å². The van der Waals surface area contributed by atoms with Gasteiger partial charge in [0.05, 0.1) is 6.04 Å². The van der Waals surface area contributed by atoms with Crippen LogP contribution in [0.15, 0.2) is 77.1 Å². The van der Waals surface area contributed by atoms with Crippen LogP contribution in [0.4, 0.5) is 0 Å². The van der Waals surface area contributed by atoms with Crippen LogP contribution >= 0.6 is 0 Å². The molecule has 0 aromatic heterocycles. The second-order valence-corrected chi connectivity index (χ2v) is 5.20. The highest BCUT2D eigenvalue weighted by Crippen LogP contribution is 2.24. The van der Waals surface area contributed by atoms with Gasteiger partial charge in [0, 0.05) is 0 Å². The third-order valence-corrected chi connectivity index (χ3v) is 3.66. The highest BCUT2D eigenvalue weighted by molar-refractivity contribution is 5.41. The number of nitrogens with one attached hydrogen (secondary N) is 1. The number of rotatable bonds is 7. The average molecular weight is 281 g/mol. The average Bonchev–Trinajstić information content (AvgIpc) is 2.75. The van der Waals surface area contributed by atoms with Crippen molar-refractivity contribution in [3.63, 3.8) is 0 Å². The van der Waals surface area contributed by atoms with E-state index in [9.17, 15) is 0 Å². The van der Waals surface area contributed by atoms with Crippen LogP contribution in [0.25, 0.3) is 0 Å². The molecule has 0 radical (unpaired) electrons. The molecule has 1 aliphatic rings. The fraction of sp³-hybridized carbons (Fsp3) is 0.350. The van der Waals surface area contributed by atoms with Crippen LogP contribution in [-0.4, -0.2) is 13.1 Å². The van der Waals surface area contributed by atoms with Gasteiger partial charge in [0.15, 0.2) is 0 Å². The molecule has 1 aliphatic carbocycles. The van der Waals surface area contributed by atoms with E-state index in [0.717, 1.165) is 12.8 Å². The molecule has 0 spiro atoms. The van der Waals surface area contributed by atoms with Crippen LogP contribution in [0.1, 0.15) is 33.6 Å². The van der Waals surface area contributed by atoms with E-state index < -0.39 is 0 Å². The molecule has 0 saturated carbocycles. The Morgan fingerprint density at radius 3 is 2.81 bits per heavy atom. The lowest BCUT2D eigenvalue weighted by Crippen LogP contribution is -2.28. The zero-order valence-corrected chi connectivity index (χ0v) is 13.7. The van der Waals surface area contributed by atoms with Crippen molar-refractivity contribution in [1.29, 1.82) is 0 Å². The monoisotopic (exact) mass is 281 g/mol. The summed E-state index contributed by atoms with van der Waals surface area (Å²) in [6, 6.07) is 0.151. The van der Waals surface area contributed by atoms with Gasteiger partial charge < -0.3 is 5.32 Å². The molecule has 1 rings (SSSR count). The smallest absolute Gasteiger partial charge is 0.0540 e. The molecule has 0 fully saturated rings. The van der Waals surface area contributed by atoms with Crippen molar-refractivity contribution in [3.8, 4) is 0 Å². The van der Waals surface area contributed by atoms with Crippen molar-refractivity contribution in [2.75, 3.05) is 7.05 Å². The van der Waals surface area contributed by atoms with Gasteiger partial charge in [-0.1, -0.05) is 55.0 Å². The van der Waals surface area contributed by atoms with E-state index >= 15 is 0 Å². The molecule has 0 bridgehead atoms. The van der Waals surface area contributed by atoms with Crippen molar-refractivity contribution in [3.05, 3.63) is 77.1 Å². The Hall–Kier alpha value is -1.82. The van der Waals surface area contributed by atoms with Gasteiger partial charge in [0.1, 0.15) is 0 Å². The van der Waals surface area contributed by atoms with E-state index in [-0.39, 0.29) is 6.04 Å². The fourth-order valence-electron chi connectivity index (χ4n) is 2.51. The topological polar surface area (TPSA) is 12.0 Å². The van der Waals surface area contributed by atoms with Gasteiger partial charge >= 0.3 is 0 Å². The summed E-state index contributed by atoms with van der Waals surface area (Å²) in [5.41, 5.74) is 8.24. The Balaban J connectivity index is 2.90. The standard InChI is InChI=1S/C20H27N/c1-6-12-16(3)18(7-2)15-17(4)20(21-5)19-13-10-8-9-11-14-19/h7-10,12-14,20-21H,4,6,15H2,1-3,5H3/b16-12-,18-7-. The van der Waals surface area contributed by atoms with Crippen molar-refractivity contribution >= 4 is 0 Å². The van der Waals surface area contributed by atoms with Crippen LogP contribution in [-0.2, 0) is 0 Å². The number of allylic oxidation sites excluding steroid dienone is 7. The zero-order valence-electron chi connectivity index (χ0n) is 13.7. The molecule has 1 atom stereocenters. The summed E-state index contributed by atoms with van der Waals surface area (Å²) in [6.45, 7) is 10.8. The maximum Gasteiger partial charge on any atom is 0.0540 e. The SMILES string of the molecule is C=C(CC(=C/C)/C(C)=C\CC)C(NC)C1=CC=CC=C=C1. The van der Waals surface area contributed by atoms with Crippen LogP contribution in [0.3, 0.4) is 0 Å². The van der Waals surface area contributed by atoms with Crippen molar-refractivity contribution in [2.24, 2.45) is 0 Å². The van der Waals surface area contributed by atoms with Gasteiger partial charge in [0.2, 0.25) is 0 Å². The number of hydrogen-bond acceptors (Lipinski definition) is 1. The largest absolute Gasteiger partial charge is 0.310 e. The minimum atomic E-state index is 0.151. The summed E-state index contributed by atoms with van der Waals surface area (Å²) in [4.78, 5) is 0. The van der Waals surface area contributed by atoms with Gasteiger partial charge in [-0.2, -0.15) is 0 Å². The van der Waals surface area contributed by atoms with Crippen LogP contribution in [0.5, 0.6) is 0 Å². The lowest BCUT2D eigenvalue weighted by Gasteiger charge is -2.21. The lowest BCUT2D eigenvalue weighted by atomic mass is 9.91. The molecular weight excluding hydrogens is 254 g/mol. The quantitative estimate of drug-likeness (QED) is 0.392. The molecule has 1 N–H and O–H groups in total. The molecule has 21 heavy (non-hydrogen) atoms. The maximum atomic E-state index is 4.31. The molecule has 112 valence electrons. The highest BCUT2D eigenvalue weighted by Gasteiger charge is 2.15. The van der Waals surface area contributed by atoms with Gasteiger partial charge in [0.25, 0.3) is 0 Å². The Labute approximate surface area is 129 Å². The first-order chi connectivity index (χ1) is 10.1. The van der Waals surface area contributed by atoms with E-state index in [1.54, 1.807) is 0 Å². The van der Waals surface area contributed by atoms with Crippen LogP contribution in [0.2, 0.25) is 0 Å². The second-order valence-electron chi connectivity index (χ2n) is 5.20. The summed E-state index contributed by atoms with van der Waals surface area (Å²) in [5, 5.41) is 3.37. The van der Waals surface area contributed by atoms with E-state index in [0.29, 0.717) is 0 Å². The molecule has 1 heteroatoms. The second kappa shape index (κ2) is 9.18. The minimum absolute atomic E-state index is 0.151. The Morgan fingerprint density at radius 1 is 1.43 bits per heavy atom. The van der Waals surface area contributed by atoms with E-state index in [1.807, 2.05) is 31.4 Å². The lowest BCUT2D eigenvalue weighted by molar-refractivity contribution is 0.713. The normalized spacial score (nSPS) is 16.7. The van der Waals surface area contributed by atoms with E-state index in [2.05, 4.69) is 56.6 Å². The highest BCUT2D eigenvalue weighted by atomic mass is 14.9. The minimum Gasteiger partial charge on any atom is -0.310 e. The van der Waals surface area contributed by atoms with Gasteiger partial charge in [-0.05, 0) is 57.0 Å². The summed E-state index contributed by atoms with van der Waals surface area (Å²) in [7, 11) is 1.98. The summed E-state index contributed by atoms with van der Waals surface area (Å²) in [5.74, 6) is 0. The van der Waals surface area contributed by atoms with Gasteiger partial charge in [-0.15, -0.1) is 5.73 Å². The fourth-order valence-corrected chi connectivity index (χ4v) is 2.51. The maximum absolute atomic E-state index is 4.31. The van der Waals surface area contributed by atoms with E-state index in [1.165, 1.54) is 22.3 Å². The first-order valence-corrected chi connectivity index (χ1v) is 7.60. The summed E-state index contributed by atoms with van der Waals surface area (Å²) >= 11 is 0. The number of hydrogen-bond donors (Lipinski definition) is 1. The molecule has 1 nitrogen and oxygen atoms in total. The van der Waals surface area contributed by atoms with Crippen molar-refractivity contribution in [2.45, 2.75) is 39.7 Å². The predicted molar refractivity (Wildman–Crippen MR) is 94.3 cm³/mol. The van der Waals surface area contributed by atoms with E-state index in [4.69, 9.17) is 0 Å². The van der Waals surface area contributed by atoms with Gasteiger partial charge in [-0.25, -0.2) is 0 Å². The molecule has 1 unspecified atom stereocenters. The molecule has 0 aromatic carbocycles. The predicted octanol–water partition coefficient (Wildman–Crippen LogP) is 5.03. The molecule has 0 heterocycles. The third kappa shape index (κ3) is 5.23. The Bertz CT molecular complexity index is 546. The van der Waals surface area contributed by atoms with Crippen molar-refractivity contribution in [1.82, 2.24) is 5.32 Å². The molecule has 0 amide bonds. The molecule has 0 aromatic rings. The first kappa shape index (κ1) is 17.2. The zero-order chi connectivity index (χ0) is 15.7. The third-order valence-electron chi connectivity index (χ3n) is 3.66. The summed E-state index contributed by atoms with van der Waals surface area (Å²) < 4.78 is 0. The Kier molecular flexibility index (Phi) is 7.53. The van der Waals surface area contributed by atoms with Crippen LogP contribution in [0, 0.1) is 0 Å². The first-order valence-electron chi connectivity index (χ1n) is 7.60. The van der Waals surface area contributed by atoms with Crippen molar-refractivity contribution < 1.29 is 0 Å².